The Labute approximate surface area is 171 Å². The molecule has 0 aliphatic rings. The summed E-state index contributed by atoms with van der Waals surface area (Å²) in [6.45, 7) is 1.56. The summed E-state index contributed by atoms with van der Waals surface area (Å²) in [7, 11) is 1.53. The minimum Gasteiger partial charge on any atom is -0.495 e. The first kappa shape index (κ1) is 19.4. The molecule has 7 heteroatoms. The molecule has 1 N–H and O–H groups in total. The second-order valence-electron chi connectivity index (χ2n) is 6.67. The first-order valence-corrected chi connectivity index (χ1v) is 9.30. The van der Waals surface area contributed by atoms with E-state index in [1.165, 1.54) is 25.5 Å². The molecule has 1 atom stereocenters. The second-order valence-corrected chi connectivity index (χ2v) is 6.67. The van der Waals surface area contributed by atoms with E-state index in [0.29, 0.717) is 22.6 Å². The Kier molecular flexibility index (Phi) is 5.34. The third kappa shape index (κ3) is 3.96. The van der Waals surface area contributed by atoms with Crippen molar-refractivity contribution in [2.45, 2.75) is 13.0 Å². The van der Waals surface area contributed by atoms with Gasteiger partial charge in [0.15, 0.2) is 0 Å². The van der Waals surface area contributed by atoms with Crippen molar-refractivity contribution in [2.24, 2.45) is 5.16 Å². The molecule has 0 bridgehead atoms. The summed E-state index contributed by atoms with van der Waals surface area (Å²) in [5.41, 5.74) is 2.37. The number of nitrogens with one attached hydrogen (secondary N) is 1. The Bertz CT molecular complexity index is 1250. The van der Waals surface area contributed by atoms with Crippen molar-refractivity contribution >= 4 is 39.7 Å². The third-order valence-corrected chi connectivity index (χ3v) is 4.60. The van der Waals surface area contributed by atoms with Crippen LogP contribution in [0.3, 0.4) is 0 Å². The largest absolute Gasteiger partial charge is 0.495 e. The monoisotopic (exact) mass is 406 g/mol. The van der Waals surface area contributed by atoms with Crippen molar-refractivity contribution in [1.82, 2.24) is 0 Å². The number of rotatable bonds is 6. The van der Waals surface area contributed by atoms with Crippen molar-refractivity contribution < 1.29 is 23.2 Å². The van der Waals surface area contributed by atoms with E-state index in [0.717, 1.165) is 16.4 Å². The Morgan fingerprint density at radius 2 is 1.93 bits per heavy atom. The number of halogens is 1. The number of hydrogen-bond donors (Lipinski definition) is 1. The number of furan rings is 1. The lowest BCUT2D eigenvalue weighted by Gasteiger charge is -2.13. The van der Waals surface area contributed by atoms with Crippen molar-refractivity contribution in [2.75, 3.05) is 12.4 Å². The number of benzene rings is 3. The van der Waals surface area contributed by atoms with Gasteiger partial charge in [0.1, 0.15) is 22.7 Å². The maximum atomic E-state index is 13.2. The van der Waals surface area contributed by atoms with Gasteiger partial charge >= 0.3 is 0 Å². The van der Waals surface area contributed by atoms with Gasteiger partial charge in [0.05, 0.1) is 19.0 Å². The zero-order valence-electron chi connectivity index (χ0n) is 16.4. The van der Waals surface area contributed by atoms with E-state index in [1.807, 2.05) is 30.3 Å². The second kappa shape index (κ2) is 8.24. The summed E-state index contributed by atoms with van der Waals surface area (Å²) in [5, 5.41) is 8.39. The van der Waals surface area contributed by atoms with Crippen LogP contribution in [-0.2, 0) is 9.63 Å². The van der Waals surface area contributed by atoms with Gasteiger partial charge in [0.25, 0.3) is 5.91 Å². The molecule has 0 spiro atoms. The molecule has 1 aromatic heterocycles. The van der Waals surface area contributed by atoms with Gasteiger partial charge in [0, 0.05) is 16.8 Å². The van der Waals surface area contributed by atoms with Crippen LogP contribution in [0.25, 0.3) is 21.9 Å². The quantitative estimate of drug-likeness (QED) is 0.357. The minimum atomic E-state index is -0.883. The summed E-state index contributed by atoms with van der Waals surface area (Å²) >= 11 is 0. The molecule has 3 aromatic carbocycles. The highest BCUT2D eigenvalue weighted by molar-refractivity contribution is 6.08. The lowest BCUT2D eigenvalue weighted by Crippen LogP contribution is -2.26. The predicted molar refractivity (Wildman–Crippen MR) is 113 cm³/mol. The van der Waals surface area contributed by atoms with E-state index < -0.39 is 12.0 Å². The van der Waals surface area contributed by atoms with Gasteiger partial charge in [-0.1, -0.05) is 35.5 Å². The number of hydrogen-bond acceptors (Lipinski definition) is 5. The number of para-hydroxylation sites is 1. The van der Waals surface area contributed by atoms with Crippen LogP contribution < -0.4 is 10.1 Å². The van der Waals surface area contributed by atoms with E-state index >= 15 is 0 Å². The smallest absolute Gasteiger partial charge is 0.268 e. The van der Waals surface area contributed by atoms with Crippen molar-refractivity contribution in [3.63, 3.8) is 0 Å². The molecule has 0 fully saturated rings. The number of oxime groups is 1. The molecule has 1 heterocycles. The highest BCUT2D eigenvalue weighted by Crippen LogP contribution is 2.36. The van der Waals surface area contributed by atoms with Gasteiger partial charge in [-0.15, -0.1) is 0 Å². The number of carbonyl (C=O) groups excluding carboxylic acids is 1. The van der Waals surface area contributed by atoms with Crippen LogP contribution >= 0.6 is 0 Å². The predicted octanol–water partition coefficient (Wildman–Crippen LogP) is 5.11. The lowest BCUT2D eigenvalue weighted by atomic mass is 10.1. The molecule has 4 rings (SSSR count). The summed E-state index contributed by atoms with van der Waals surface area (Å²) in [5.74, 6) is -0.296. The summed E-state index contributed by atoms with van der Waals surface area (Å²) in [6.07, 6.45) is 0.458. The minimum absolute atomic E-state index is 0.377. The van der Waals surface area contributed by atoms with Gasteiger partial charge in [-0.3, -0.25) is 4.79 Å². The van der Waals surface area contributed by atoms with Crippen LogP contribution in [0, 0.1) is 5.82 Å². The van der Waals surface area contributed by atoms with Crippen LogP contribution in [0.2, 0.25) is 0 Å². The lowest BCUT2D eigenvalue weighted by molar-refractivity contribution is -0.126. The summed E-state index contributed by atoms with van der Waals surface area (Å²) in [6, 6.07) is 17.1. The molecule has 0 saturated carbocycles. The number of nitrogens with zero attached hydrogens (tertiary/aromatic N) is 1. The number of ether oxygens (including phenoxy) is 1. The molecule has 1 amide bonds. The molecule has 0 saturated heterocycles. The molecule has 30 heavy (non-hydrogen) atoms. The van der Waals surface area contributed by atoms with Gasteiger partial charge < -0.3 is 19.3 Å². The Hall–Kier alpha value is -3.87. The zero-order chi connectivity index (χ0) is 21.1. The fraction of sp³-hybridized carbons (Fsp3) is 0.130. The SMILES string of the molecule is COc1cc2c(cc1NC(=O)[C@H](C)O/N=C\c1cccc(F)c1)oc1ccccc12. The average Bonchev–Trinajstić information content (AvgIpc) is 3.10. The highest BCUT2D eigenvalue weighted by Gasteiger charge is 2.18. The van der Waals surface area contributed by atoms with E-state index in [-0.39, 0.29) is 5.82 Å². The van der Waals surface area contributed by atoms with Crippen LogP contribution in [0.4, 0.5) is 10.1 Å². The normalized spacial score (nSPS) is 12.4. The van der Waals surface area contributed by atoms with Crippen LogP contribution in [0.1, 0.15) is 12.5 Å². The first-order valence-electron chi connectivity index (χ1n) is 9.30. The maximum absolute atomic E-state index is 13.2. The van der Waals surface area contributed by atoms with Crippen molar-refractivity contribution in [3.8, 4) is 5.75 Å². The molecule has 0 unspecified atom stereocenters. The number of carbonyl (C=O) groups is 1. The molecule has 152 valence electrons. The average molecular weight is 406 g/mol. The summed E-state index contributed by atoms with van der Waals surface area (Å²) in [4.78, 5) is 17.7. The van der Waals surface area contributed by atoms with E-state index in [2.05, 4.69) is 10.5 Å². The molecule has 0 aliphatic heterocycles. The van der Waals surface area contributed by atoms with Gasteiger partial charge in [-0.05, 0) is 36.8 Å². The van der Waals surface area contributed by atoms with Crippen molar-refractivity contribution in [3.05, 3.63) is 72.0 Å². The molecule has 0 aliphatic carbocycles. The van der Waals surface area contributed by atoms with Crippen LogP contribution in [0.5, 0.6) is 5.75 Å². The highest BCUT2D eigenvalue weighted by atomic mass is 19.1. The molecule has 4 aromatic rings. The summed E-state index contributed by atoms with van der Waals surface area (Å²) < 4.78 is 24.5. The maximum Gasteiger partial charge on any atom is 0.268 e. The zero-order valence-corrected chi connectivity index (χ0v) is 16.4. The van der Waals surface area contributed by atoms with Crippen LogP contribution in [-0.4, -0.2) is 25.3 Å². The van der Waals surface area contributed by atoms with E-state index in [4.69, 9.17) is 14.0 Å². The fourth-order valence-electron chi connectivity index (χ4n) is 3.07. The fourth-order valence-corrected chi connectivity index (χ4v) is 3.07. The Morgan fingerprint density at radius 1 is 1.10 bits per heavy atom. The van der Waals surface area contributed by atoms with Gasteiger partial charge in [-0.25, -0.2) is 4.39 Å². The number of fused-ring (bicyclic) bond motifs is 3. The number of amides is 1. The van der Waals surface area contributed by atoms with Gasteiger partial charge in [0.2, 0.25) is 6.10 Å². The van der Waals surface area contributed by atoms with E-state index in [1.54, 1.807) is 25.1 Å². The van der Waals surface area contributed by atoms with Crippen molar-refractivity contribution in [1.29, 1.82) is 0 Å². The first-order chi connectivity index (χ1) is 14.5. The molecule has 0 radical (unpaired) electrons. The number of anilines is 1. The Morgan fingerprint density at radius 3 is 2.73 bits per heavy atom. The number of methoxy groups -OCH3 is 1. The van der Waals surface area contributed by atoms with Crippen LogP contribution in [0.15, 0.2) is 70.2 Å². The Balaban J connectivity index is 1.51. The molecule has 6 nitrogen and oxygen atoms in total. The molecular weight excluding hydrogens is 387 g/mol. The van der Waals surface area contributed by atoms with Gasteiger partial charge in [-0.2, -0.15) is 0 Å². The third-order valence-electron chi connectivity index (χ3n) is 4.60. The molecular formula is C23H19FN2O4. The topological polar surface area (TPSA) is 73.1 Å². The standard InChI is InChI=1S/C23H19FN2O4/c1-14(30-25-13-15-6-5-7-16(24)10-15)23(27)26-19-12-21-18(11-22(19)28-2)17-8-3-4-9-20(17)29-21/h3-14H,1-2H3,(H,26,27)/b25-13-/t14-/m0/s1. The van der Waals surface area contributed by atoms with E-state index in [9.17, 15) is 9.18 Å².